The molecule has 0 saturated carbocycles. The lowest BCUT2D eigenvalue weighted by atomic mass is 10.0. The highest BCUT2D eigenvalue weighted by molar-refractivity contribution is 6.30. The van der Waals surface area contributed by atoms with Crippen molar-refractivity contribution in [1.29, 1.82) is 0 Å². The van der Waals surface area contributed by atoms with Gasteiger partial charge >= 0.3 is 0 Å². The lowest BCUT2D eigenvalue weighted by Gasteiger charge is -2.09. The van der Waals surface area contributed by atoms with E-state index in [9.17, 15) is 5.11 Å². The molecule has 0 spiro atoms. The van der Waals surface area contributed by atoms with E-state index in [4.69, 9.17) is 11.6 Å². The maximum Gasteiger partial charge on any atom is 0.0790 e. The number of aliphatic hydroxyl groups is 1. The second-order valence-corrected chi connectivity index (χ2v) is 3.65. The topological polar surface area (TPSA) is 20.2 Å². The van der Waals surface area contributed by atoms with Crippen molar-refractivity contribution in [3.05, 3.63) is 34.9 Å². The minimum atomic E-state index is -0.362. The molecule has 0 heterocycles. The average molecular weight is 199 g/mol. The molecule has 2 heteroatoms. The van der Waals surface area contributed by atoms with Crippen LogP contribution in [-0.4, -0.2) is 5.11 Å². The molecule has 1 rings (SSSR count). The Morgan fingerprint density at radius 2 is 2.23 bits per heavy atom. The molecule has 0 aromatic heterocycles. The third-order valence-electron chi connectivity index (χ3n) is 2.06. The number of hydrogen-bond acceptors (Lipinski definition) is 1. The fraction of sp³-hybridized carbons (Fsp3) is 0.455. The minimum Gasteiger partial charge on any atom is -0.388 e. The van der Waals surface area contributed by atoms with Gasteiger partial charge in [0.05, 0.1) is 6.10 Å². The molecule has 0 radical (unpaired) electrons. The summed E-state index contributed by atoms with van der Waals surface area (Å²) in [7, 11) is 0. The fourth-order valence-electron chi connectivity index (χ4n) is 1.28. The zero-order valence-electron chi connectivity index (χ0n) is 7.83. The van der Waals surface area contributed by atoms with Crippen LogP contribution >= 0.6 is 11.6 Å². The van der Waals surface area contributed by atoms with Crippen LogP contribution in [0.3, 0.4) is 0 Å². The summed E-state index contributed by atoms with van der Waals surface area (Å²) in [4.78, 5) is 0. The maximum atomic E-state index is 9.72. The van der Waals surface area contributed by atoms with Gasteiger partial charge in [-0.15, -0.1) is 0 Å². The van der Waals surface area contributed by atoms with Crippen molar-refractivity contribution < 1.29 is 5.11 Å². The molecular formula is C11H15ClO. The van der Waals surface area contributed by atoms with Gasteiger partial charge in [0.1, 0.15) is 0 Å². The molecule has 0 bridgehead atoms. The lowest BCUT2D eigenvalue weighted by Crippen LogP contribution is -1.96. The fourth-order valence-corrected chi connectivity index (χ4v) is 1.48. The zero-order valence-corrected chi connectivity index (χ0v) is 8.59. The van der Waals surface area contributed by atoms with Crippen LogP contribution in [0, 0.1) is 0 Å². The quantitative estimate of drug-likeness (QED) is 0.785. The minimum absolute atomic E-state index is 0.362. The molecule has 1 nitrogen and oxygen atoms in total. The zero-order chi connectivity index (χ0) is 9.68. The smallest absolute Gasteiger partial charge is 0.0790 e. The molecule has 1 atom stereocenters. The molecule has 13 heavy (non-hydrogen) atoms. The third kappa shape index (κ3) is 3.37. The number of benzene rings is 1. The molecule has 0 fully saturated rings. The van der Waals surface area contributed by atoms with Crippen LogP contribution in [0.1, 0.15) is 37.9 Å². The van der Waals surface area contributed by atoms with E-state index in [-0.39, 0.29) is 6.10 Å². The second-order valence-electron chi connectivity index (χ2n) is 3.21. The molecular weight excluding hydrogens is 184 g/mol. The first-order valence-corrected chi connectivity index (χ1v) is 5.05. The van der Waals surface area contributed by atoms with E-state index in [0.717, 1.165) is 24.8 Å². The highest BCUT2D eigenvalue weighted by Crippen LogP contribution is 2.21. The first-order valence-electron chi connectivity index (χ1n) is 4.67. The van der Waals surface area contributed by atoms with Crippen LogP contribution in [0.4, 0.5) is 0 Å². The van der Waals surface area contributed by atoms with Crippen molar-refractivity contribution in [1.82, 2.24) is 0 Å². The molecule has 1 N–H and O–H groups in total. The maximum absolute atomic E-state index is 9.72. The van der Waals surface area contributed by atoms with E-state index in [0.29, 0.717) is 5.02 Å². The summed E-state index contributed by atoms with van der Waals surface area (Å²) in [5, 5.41) is 10.4. The molecule has 0 aliphatic rings. The summed E-state index contributed by atoms with van der Waals surface area (Å²) in [5.74, 6) is 0. The van der Waals surface area contributed by atoms with Gasteiger partial charge in [-0.1, -0.05) is 43.5 Å². The Hall–Kier alpha value is -0.530. The Labute approximate surface area is 84.4 Å². The van der Waals surface area contributed by atoms with Gasteiger partial charge in [0.2, 0.25) is 0 Å². The van der Waals surface area contributed by atoms with Crippen LogP contribution in [0.15, 0.2) is 24.3 Å². The van der Waals surface area contributed by atoms with Crippen molar-refractivity contribution in [3.63, 3.8) is 0 Å². The number of hydrogen-bond donors (Lipinski definition) is 1. The van der Waals surface area contributed by atoms with Crippen LogP contribution in [0.25, 0.3) is 0 Å². The Kier molecular flexibility index (Phi) is 4.26. The first kappa shape index (κ1) is 10.6. The number of unbranched alkanes of at least 4 members (excludes halogenated alkanes) is 1. The molecule has 0 aliphatic carbocycles. The van der Waals surface area contributed by atoms with Gasteiger partial charge in [0, 0.05) is 5.02 Å². The van der Waals surface area contributed by atoms with Crippen molar-refractivity contribution >= 4 is 11.6 Å². The van der Waals surface area contributed by atoms with E-state index >= 15 is 0 Å². The summed E-state index contributed by atoms with van der Waals surface area (Å²) >= 11 is 5.81. The Morgan fingerprint density at radius 1 is 1.46 bits per heavy atom. The lowest BCUT2D eigenvalue weighted by molar-refractivity contribution is 0.164. The number of halogens is 1. The van der Waals surface area contributed by atoms with Gasteiger partial charge in [-0.2, -0.15) is 0 Å². The van der Waals surface area contributed by atoms with Gasteiger partial charge in [-0.05, 0) is 24.1 Å². The summed E-state index contributed by atoms with van der Waals surface area (Å²) in [6.45, 7) is 2.12. The molecule has 0 amide bonds. The second kappa shape index (κ2) is 5.25. The largest absolute Gasteiger partial charge is 0.388 e. The van der Waals surface area contributed by atoms with Crippen LogP contribution in [0.5, 0.6) is 0 Å². The monoisotopic (exact) mass is 198 g/mol. The molecule has 1 aromatic rings. The van der Waals surface area contributed by atoms with Crippen LogP contribution in [0.2, 0.25) is 5.02 Å². The molecule has 1 unspecified atom stereocenters. The highest BCUT2D eigenvalue weighted by atomic mass is 35.5. The van der Waals surface area contributed by atoms with Gasteiger partial charge in [0.15, 0.2) is 0 Å². The predicted molar refractivity (Wildman–Crippen MR) is 55.9 cm³/mol. The Morgan fingerprint density at radius 3 is 2.85 bits per heavy atom. The van der Waals surface area contributed by atoms with E-state index in [1.165, 1.54) is 0 Å². The Balaban J connectivity index is 2.60. The predicted octanol–water partition coefficient (Wildman–Crippen LogP) is 3.56. The van der Waals surface area contributed by atoms with Crippen LogP contribution in [-0.2, 0) is 0 Å². The van der Waals surface area contributed by atoms with Gasteiger partial charge in [0.25, 0.3) is 0 Å². The van der Waals surface area contributed by atoms with E-state index < -0.39 is 0 Å². The number of aliphatic hydroxyl groups excluding tert-OH is 1. The highest BCUT2D eigenvalue weighted by Gasteiger charge is 2.06. The van der Waals surface area contributed by atoms with Gasteiger partial charge < -0.3 is 5.11 Å². The van der Waals surface area contributed by atoms with E-state index in [2.05, 4.69) is 6.92 Å². The van der Waals surface area contributed by atoms with E-state index in [1.54, 1.807) is 0 Å². The van der Waals surface area contributed by atoms with Crippen molar-refractivity contribution in [3.8, 4) is 0 Å². The van der Waals surface area contributed by atoms with Crippen LogP contribution < -0.4 is 0 Å². The van der Waals surface area contributed by atoms with Gasteiger partial charge in [-0.25, -0.2) is 0 Å². The standard InChI is InChI=1S/C11H15ClO/c1-2-3-7-11(13)9-5-4-6-10(12)8-9/h4-6,8,11,13H,2-3,7H2,1H3. The summed E-state index contributed by atoms with van der Waals surface area (Å²) in [5.41, 5.74) is 0.918. The van der Waals surface area contributed by atoms with Gasteiger partial charge in [-0.3, -0.25) is 0 Å². The summed E-state index contributed by atoms with van der Waals surface area (Å²) in [6.07, 6.45) is 2.61. The summed E-state index contributed by atoms with van der Waals surface area (Å²) < 4.78 is 0. The number of rotatable bonds is 4. The SMILES string of the molecule is CCCCC(O)c1cccc(Cl)c1. The first-order chi connectivity index (χ1) is 6.24. The molecule has 72 valence electrons. The van der Waals surface area contributed by atoms with Crippen molar-refractivity contribution in [2.24, 2.45) is 0 Å². The molecule has 0 saturated heterocycles. The molecule has 1 aromatic carbocycles. The normalized spacial score (nSPS) is 12.8. The van der Waals surface area contributed by atoms with E-state index in [1.807, 2.05) is 24.3 Å². The third-order valence-corrected chi connectivity index (χ3v) is 2.30. The molecule has 0 aliphatic heterocycles. The van der Waals surface area contributed by atoms with Crippen molar-refractivity contribution in [2.45, 2.75) is 32.3 Å². The average Bonchev–Trinajstić information content (AvgIpc) is 2.14. The van der Waals surface area contributed by atoms with Crippen molar-refractivity contribution in [2.75, 3.05) is 0 Å². The summed E-state index contributed by atoms with van der Waals surface area (Å²) in [6, 6.07) is 7.42. The Bertz CT molecular complexity index is 260.